The Morgan fingerprint density at radius 1 is 0.935 bits per heavy atom. The number of hydrogen-bond acceptors (Lipinski definition) is 7. The van der Waals surface area contributed by atoms with Crippen molar-refractivity contribution in [2.24, 2.45) is 0 Å². The molecule has 0 aromatic heterocycles. The summed E-state index contributed by atoms with van der Waals surface area (Å²) < 4.78 is 21.8. The fourth-order valence-corrected chi connectivity index (χ4v) is 4.00. The molecule has 0 radical (unpaired) electrons. The van der Waals surface area contributed by atoms with Crippen molar-refractivity contribution in [2.45, 2.75) is 13.8 Å². The fraction of sp³-hybridized carbons (Fsp3) is 0.304. The standard InChI is InChI=1S/C23H25NO6S/c1-14-6-7-15(2)17(10-14)30-9-8-24-22(25)20(31-23(24)26)13-16-11-18(27-3)21(29-5)19(12-16)28-4/h6-7,10-13H,8-9H2,1-5H3/b20-13-. The van der Waals surface area contributed by atoms with Gasteiger partial charge in [-0.1, -0.05) is 12.1 Å². The van der Waals surface area contributed by atoms with Gasteiger partial charge >= 0.3 is 0 Å². The lowest BCUT2D eigenvalue weighted by molar-refractivity contribution is -0.123. The average Bonchev–Trinajstić information content (AvgIpc) is 3.02. The highest BCUT2D eigenvalue weighted by Gasteiger charge is 2.35. The van der Waals surface area contributed by atoms with E-state index in [0.29, 0.717) is 27.7 Å². The van der Waals surface area contributed by atoms with Gasteiger partial charge in [0.15, 0.2) is 11.5 Å². The van der Waals surface area contributed by atoms with Gasteiger partial charge in [-0.05, 0) is 66.6 Å². The average molecular weight is 444 g/mol. The van der Waals surface area contributed by atoms with Gasteiger partial charge in [-0.15, -0.1) is 0 Å². The van der Waals surface area contributed by atoms with Crippen molar-refractivity contribution >= 4 is 29.0 Å². The maximum atomic E-state index is 12.8. The monoisotopic (exact) mass is 443 g/mol. The number of ether oxygens (including phenoxy) is 4. The van der Waals surface area contributed by atoms with Crippen LogP contribution in [-0.4, -0.2) is 50.5 Å². The van der Waals surface area contributed by atoms with Crippen LogP contribution in [0.1, 0.15) is 16.7 Å². The molecule has 1 fully saturated rings. The van der Waals surface area contributed by atoms with E-state index in [-0.39, 0.29) is 24.3 Å². The molecule has 2 aromatic carbocycles. The van der Waals surface area contributed by atoms with E-state index < -0.39 is 0 Å². The fourth-order valence-electron chi connectivity index (χ4n) is 3.14. The van der Waals surface area contributed by atoms with Gasteiger partial charge in [0.25, 0.3) is 11.1 Å². The number of hydrogen-bond donors (Lipinski definition) is 0. The summed E-state index contributed by atoms with van der Waals surface area (Å²) in [6.45, 7) is 4.33. The Morgan fingerprint density at radius 2 is 1.61 bits per heavy atom. The summed E-state index contributed by atoms with van der Waals surface area (Å²) in [5.41, 5.74) is 2.74. The molecule has 0 N–H and O–H groups in total. The molecule has 1 heterocycles. The number of nitrogens with zero attached hydrogens (tertiary/aromatic N) is 1. The van der Waals surface area contributed by atoms with E-state index in [4.69, 9.17) is 18.9 Å². The van der Waals surface area contributed by atoms with Crippen LogP contribution in [0.15, 0.2) is 35.2 Å². The highest BCUT2D eigenvalue weighted by Crippen LogP contribution is 2.40. The minimum absolute atomic E-state index is 0.171. The number of aryl methyl sites for hydroxylation is 2. The number of methoxy groups -OCH3 is 3. The van der Waals surface area contributed by atoms with Crippen molar-refractivity contribution in [3.05, 3.63) is 51.9 Å². The summed E-state index contributed by atoms with van der Waals surface area (Å²) in [5.74, 6) is 1.79. The van der Waals surface area contributed by atoms with Gasteiger partial charge in [0.2, 0.25) is 5.75 Å². The first kappa shape index (κ1) is 22.6. The minimum atomic E-state index is -0.353. The van der Waals surface area contributed by atoms with Crippen LogP contribution in [0.2, 0.25) is 0 Å². The van der Waals surface area contributed by atoms with Crippen molar-refractivity contribution in [1.82, 2.24) is 4.90 Å². The third-order valence-corrected chi connectivity index (χ3v) is 5.68. The van der Waals surface area contributed by atoms with Gasteiger partial charge in [0.1, 0.15) is 12.4 Å². The Kier molecular flexibility index (Phi) is 7.12. The summed E-state index contributed by atoms with van der Waals surface area (Å²) in [6.07, 6.45) is 1.64. The maximum Gasteiger partial charge on any atom is 0.293 e. The van der Waals surface area contributed by atoms with E-state index in [1.54, 1.807) is 18.2 Å². The Morgan fingerprint density at radius 3 is 2.23 bits per heavy atom. The molecule has 0 atom stereocenters. The molecule has 0 bridgehead atoms. The molecule has 1 saturated heterocycles. The molecule has 2 aromatic rings. The van der Waals surface area contributed by atoms with Gasteiger partial charge in [-0.3, -0.25) is 14.5 Å². The lowest BCUT2D eigenvalue weighted by Crippen LogP contribution is -2.32. The van der Waals surface area contributed by atoms with Crippen LogP contribution in [0.4, 0.5) is 4.79 Å². The predicted octanol–water partition coefficient (Wildman–Crippen LogP) is 4.44. The van der Waals surface area contributed by atoms with Crippen LogP contribution in [0.3, 0.4) is 0 Å². The first-order chi connectivity index (χ1) is 14.9. The first-order valence-corrected chi connectivity index (χ1v) is 10.4. The van der Waals surface area contributed by atoms with E-state index in [1.807, 2.05) is 32.0 Å². The number of carbonyl (C=O) groups excluding carboxylic acids is 2. The van der Waals surface area contributed by atoms with Gasteiger partial charge in [-0.2, -0.15) is 0 Å². The Hall–Kier alpha value is -3.13. The second kappa shape index (κ2) is 9.78. The zero-order chi connectivity index (χ0) is 22.5. The van der Waals surface area contributed by atoms with E-state index in [1.165, 1.54) is 26.2 Å². The largest absolute Gasteiger partial charge is 0.493 e. The Labute approximate surface area is 185 Å². The maximum absolute atomic E-state index is 12.8. The van der Waals surface area contributed by atoms with Crippen molar-refractivity contribution in [3.63, 3.8) is 0 Å². The zero-order valence-corrected chi connectivity index (χ0v) is 19.0. The SMILES string of the molecule is COc1cc(/C=C2\SC(=O)N(CCOc3cc(C)ccc3C)C2=O)cc(OC)c1OC. The summed E-state index contributed by atoms with van der Waals surface area (Å²) in [4.78, 5) is 26.7. The third kappa shape index (κ3) is 4.96. The van der Waals surface area contributed by atoms with E-state index in [2.05, 4.69) is 0 Å². The molecule has 7 nitrogen and oxygen atoms in total. The van der Waals surface area contributed by atoms with Crippen molar-refractivity contribution in [2.75, 3.05) is 34.5 Å². The van der Waals surface area contributed by atoms with Gasteiger partial charge in [0, 0.05) is 0 Å². The van der Waals surface area contributed by atoms with Crippen molar-refractivity contribution in [3.8, 4) is 23.0 Å². The van der Waals surface area contributed by atoms with Crippen LogP contribution in [0.25, 0.3) is 6.08 Å². The van der Waals surface area contributed by atoms with Crippen LogP contribution < -0.4 is 18.9 Å². The third-order valence-electron chi connectivity index (χ3n) is 4.77. The van der Waals surface area contributed by atoms with Gasteiger partial charge in [-0.25, -0.2) is 0 Å². The molecule has 3 rings (SSSR count). The quantitative estimate of drug-likeness (QED) is 0.558. The molecule has 1 aliphatic heterocycles. The zero-order valence-electron chi connectivity index (χ0n) is 18.2. The van der Waals surface area contributed by atoms with E-state index in [0.717, 1.165) is 28.6 Å². The number of thioether (sulfide) groups is 1. The summed E-state index contributed by atoms with van der Waals surface area (Å²) in [6, 6.07) is 9.36. The van der Waals surface area contributed by atoms with Crippen LogP contribution >= 0.6 is 11.8 Å². The molecule has 0 unspecified atom stereocenters. The second-order valence-corrected chi connectivity index (χ2v) is 7.90. The topological polar surface area (TPSA) is 74.3 Å². The first-order valence-electron chi connectivity index (χ1n) is 9.63. The van der Waals surface area contributed by atoms with Crippen LogP contribution in [0, 0.1) is 13.8 Å². The molecule has 0 spiro atoms. The lowest BCUT2D eigenvalue weighted by atomic mass is 10.1. The Bertz CT molecular complexity index is 1010. The molecular formula is C23H25NO6S. The molecule has 31 heavy (non-hydrogen) atoms. The molecule has 2 amide bonds. The number of imide groups is 1. The highest BCUT2D eigenvalue weighted by atomic mass is 32.2. The number of benzene rings is 2. The predicted molar refractivity (Wildman–Crippen MR) is 120 cm³/mol. The van der Waals surface area contributed by atoms with Crippen molar-refractivity contribution < 1.29 is 28.5 Å². The van der Waals surface area contributed by atoms with E-state index in [9.17, 15) is 9.59 Å². The minimum Gasteiger partial charge on any atom is -0.493 e. The molecule has 0 aliphatic carbocycles. The number of carbonyl (C=O) groups is 2. The van der Waals surface area contributed by atoms with Crippen LogP contribution in [-0.2, 0) is 4.79 Å². The van der Waals surface area contributed by atoms with Gasteiger partial charge < -0.3 is 18.9 Å². The number of amides is 2. The molecular weight excluding hydrogens is 418 g/mol. The lowest BCUT2D eigenvalue weighted by Gasteiger charge is -2.15. The smallest absolute Gasteiger partial charge is 0.293 e. The molecule has 164 valence electrons. The summed E-state index contributed by atoms with van der Waals surface area (Å²) in [5, 5.41) is -0.326. The molecule has 1 aliphatic rings. The van der Waals surface area contributed by atoms with Gasteiger partial charge in [0.05, 0.1) is 32.8 Å². The summed E-state index contributed by atoms with van der Waals surface area (Å²) in [7, 11) is 4.56. The highest BCUT2D eigenvalue weighted by molar-refractivity contribution is 8.18. The molecule has 0 saturated carbocycles. The van der Waals surface area contributed by atoms with Crippen molar-refractivity contribution in [1.29, 1.82) is 0 Å². The summed E-state index contributed by atoms with van der Waals surface area (Å²) >= 11 is 0.895. The second-order valence-electron chi connectivity index (χ2n) is 6.91. The Balaban J connectivity index is 1.74. The van der Waals surface area contributed by atoms with Crippen LogP contribution in [0.5, 0.6) is 23.0 Å². The molecule has 8 heteroatoms. The number of rotatable bonds is 8. The normalized spacial score (nSPS) is 14.9. The van der Waals surface area contributed by atoms with E-state index >= 15 is 0 Å².